The van der Waals surface area contributed by atoms with E-state index < -0.39 is 0 Å². The van der Waals surface area contributed by atoms with Crippen LogP contribution in [0.25, 0.3) is 0 Å². The number of likely N-dealkylation sites (tertiary alicyclic amines) is 1. The lowest BCUT2D eigenvalue weighted by Crippen LogP contribution is -2.39. The summed E-state index contributed by atoms with van der Waals surface area (Å²) in [6.07, 6.45) is 7.47. The molecule has 3 rings (SSSR count). The Labute approximate surface area is 166 Å². The van der Waals surface area contributed by atoms with Crippen molar-refractivity contribution in [3.05, 3.63) is 28.8 Å². The van der Waals surface area contributed by atoms with Crippen LogP contribution in [0.3, 0.4) is 0 Å². The van der Waals surface area contributed by atoms with Crippen LogP contribution in [0.1, 0.15) is 50.5 Å². The van der Waals surface area contributed by atoms with Gasteiger partial charge in [0.25, 0.3) is 0 Å². The van der Waals surface area contributed by atoms with E-state index in [2.05, 4.69) is 11.0 Å². The number of rotatable bonds is 6. The summed E-state index contributed by atoms with van der Waals surface area (Å²) in [7, 11) is 0. The molecule has 0 radical (unpaired) electrons. The van der Waals surface area contributed by atoms with Crippen LogP contribution in [0, 0.1) is 23.2 Å². The lowest BCUT2D eigenvalue weighted by molar-refractivity contribution is -0.123. The number of nitrogens with two attached hydrogens (primary N) is 1. The molecule has 0 bridgehead atoms. The minimum absolute atomic E-state index is 0.0975. The summed E-state index contributed by atoms with van der Waals surface area (Å²) in [6.45, 7) is 3.16. The second kappa shape index (κ2) is 9.43. The molecule has 2 aliphatic rings. The third kappa shape index (κ3) is 5.60. The van der Waals surface area contributed by atoms with Crippen LogP contribution < -0.4 is 10.5 Å². The standard InChI is InChI=1S/C21H28ClN3O2/c22-18-5-6-20(17(13-18)14-23)27-19-8-11-25(12-9-19)10-7-15-1-3-16(4-2-15)21(24)26/h5-6,13,15-16,19H,1-4,7-12H2,(H2,24,26)/t15-,16-. The minimum Gasteiger partial charge on any atom is -0.489 e. The molecule has 0 unspecified atom stereocenters. The molecular formula is C21H28ClN3O2. The molecule has 2 N–H and O–H groups in total. The van der Waals surface area contributed by atoms with E-state index in [1.54, 1.807) is 18.2 Å². The molecule has 2 fully saturated rings. The molecule has 1 aromatic carbocycles. The Morgan fingerprint density at radius 3 is 2.56 bits per heavy atom. The van der Waals surface area contributed by atoms with E-state index in [9.17, 15) is 10.1 Å². The van der Waals surface area contributed by atoms with Gasteiger partial charge in [0, 0.05) is 24.0 Å². The summed E-state index contributed by atoms with van der Waals surface area (Å²) < 4.78 is 6.06. The van der Waals surface area contributed by atoms with Gasteiger partial charge in [-0.05, 0) is 75.6 Å². The van der Waals surface area contributed by atoms with Crippen molar-refractivity contribution in [3.63, 3.8) is 0 Å². The van der Waals surface area contributed by atoms with Gasteiger partial charge in [-0.15, -0.1) is 0 Å². The molecule has 1 aliphatic carbocycles. The van der Waals surface area contributed by atoms with Gasteiger partial charge < -0.3 is 15.4 Å². The van der Waals surface area contributed by atoms with Crippen molar-refractivity contribution in [1.29, 1.82) is 5.26 Å². The van der Waals surface area contributed by atoms with Crippen molar-refractivity contribution in [1.82, 2.24) is 4.90 Å². The Morgan fingerprint density at radius 1 is 1.22 bits per heavy atom. The number of nitrogens with zero attached hydrogens (tertiary/aromatic N) is 2. The van der Waals surface area contributed by atoms with Gasteiger partial charge in [-0.25, -0.2) is 0 Å². The number of primary amides is 1. The molecule has 1 heterocycles. The van der Waals surface area contributed by atoms with E-state index in [-0.39, 0.29) is 17.9 Å². The van der Waals surface area contributed by atoms with Crippen LogP contribution in [0.5, 0.6) is 5.75 Å². The number of benzene rings is 1. The number of ether oxygens (including phenoxy) is 1. The Bertz CT molecular complexity index is 687. The molecule has 146 valence electrons. The van der Waals surface area contributed by atoms with Gasteiger partial charge in [-0.1, -0.05) is 11.6 Å². The molecular weight excluding hydrogens is 362 g/mol. The zero-order valence-electron chi connectivity index (χ0n) is 15.7. The fraction of sp³-hybridized carbons (Fsp3) is 0.619. The summed E-state index contributed by atoms with van der Waals surface area (Å²) in [5, 5.41) is 9.79. The Morgan fingerprint density at radius 2 is 1.93 bits per heavy atom. The normalized spacial score (nSPS) is 24.3. The maximum absolute atomic E-state index is 11.3. The third-order valence-corrected chi connectivity index (χ3v) is 6.23. The van der Waals surface area contributed by atoms with Gasteiger partial charge in [0.1, 0.15) is 17.9 Å². The first-order valence-corrected chi connectivity index (χ1v) is 10.3. The Hall–Kier alpha value is -1.77. The fourth-order valence-corrected chi connectivity index (χ4v) is 4.40. The molecule has 0 atom stereocenters. The van der Waals surface area contributed by atoms with Crippen molar-refractivity contribution in [2.75, 3.05) is 19.6 Å². The van der Waals surface area contributed by atoms with Gasteiger partial charge in [0.2, 0.25) is 5.91 Å². The third-order valence-electron chi connectivity index (χ3n) is 5.99. The topological polar surface area (TPSA) is 79.3 Å². The molecule has 0 aromatic heterocycles. The summed E-state index contributed by atoms with van der Waals surface area (Å²) in [5.74, 6) is 1.32. The SMILES string of the molecule is N#Cc1cc(Cl)ccc1OC1CCN(CC[C@H]2CC[C@H](C(N)=O)CC2)CC1. The number of amides is 1. The maximum atomic E-state index is 11.3. The first-order valence-electron chi connectivity index (χ1n) is 9.93. The van der Waals surface area contributed by atoms with Crippen LogP contribution in [-0.2, 0) is 4.79 Å². The largest absolute Gasteiger partial charge is 0.489 e. The van der Waals surface area contributed by atoms with Crippen LogP contribution in [0.2, 0.25) is 5.02 Å². The lowest BCUT2D eigenvalue weighted by Gasteiger charge is -2.34. The van der Waals surface area contributed by atoms with E-state index in [1.165, 1.54) is 6.42 Å². The highest BCUT2D eigenvalue weighted by Crippen LogP contribution is 2.31. The summed E-state index contributed by atoms with van der Waals surface area (Å²) in [5.41, 5.74) is 5.91. The zero-order valence-corrected chi connectivity index (χ0v) is 16.5. The Kier molecular flexibility index (Phi) is 6.98. The molecule has 1 saturated carbocycles. The van der Waals surface area contributed by atoms with Crippen LogP contribution >= 0.6 is 11.6 Å². The lowest BCUT2D eigenvalue weighted by atomic mass is 9.80. The van der Waals surface area contributed by atoms with Crippen LogP contribution in [-0.4, -0.2) is 36.5 Å². The number of nitriles is 1. The van der Waals surface area contributed by atoms with E-state index >= 15 is 0 Å². The molecule has 1 aliphatic heterocycles. The Balaban J connectivity index is 1.38. The second-order valence-electron chi connectivity index (χ2n) is 7.82. The predicted octanol–water partition coefficient (Wildman–Crippen LogP) is 3.74. The average molecular weight is 390 g/mol. The monoisotopic (exact) mass is 389 g/mol. The first-order chi connectivity index (χ1) is 13.0. The van der Waals surface area contributed by atoms with Gasteiger partial charge in [0.15, 0.2) is 0 Å². The van der Waals surface area contributed by atoms with E-state index in [4.69, 9.17) is 22.1 Å². The number of carbonyl (C=O) groups is 1. The van der Waals surface area contributed by atoms with E-state index in [1.807, 2.05) is 0 Å². The summed E-state index contributed by atoms with van der Waals surface area (Å²) >= 11 is 5.94. The van der Waals surface area contributed by atoms with Gasteiger partial charge in [0.05, 0.1) is 5.56 Å². The number of hydrogen-bond donors (Lipinski definition) is 1. The molecule has 1 amide bonds. The van der Waals surface area contributed by atoms with Crippen molar-refractivity contribution >= 4 is 17.5 Å². The van der Waals surface area contributed by atoms with Crippen molar-refractivity contribution in [3.8, 4) is 11.8 Å². The average Bonchev–Trinajstić information content (AvgIpc) is 2.69. The van der Waals surface area contributed by atoms with E-state index in [0.29, 0.717) is 16.3 Å². The van der Waals surface area contributed by atoms with E-state index in [0.717, 1.165) is 64.1 Å². The van der Waals surface area contributed by atoms with Gasteiger partial charge >= 0.3 is 0 Å². The number of carbonyl (C=O) groups excluding carboxylic acids is 1. The number of hydrogen-bond acceptors (Lipinski definition) is 4. The first kappa shape index (κ1) is 20.0. The summed E-state index contributed by atoms with van der Waals surface area (Å²) in [6, 6.07) is 7.36. The predicted molar refractivity (Wildman–Crippen MR) is 106 cm³/mol. The smallest absolute Gasteiger partial charge is 0.220 e. The molecule has 1 saturated heterocycles. The quantitative estimate of drug-likeness (QED) is 0.803. The fourth-order valence-electron chi connectivity index (χ4n) is 4.22. The van der Waals surface area contributed by atoms with Gasteiger partial charge in [-0.2, -0.15) is 5.26 Å². The summed E-state index contributed by atoms with van der Waals surface area (Å²) in [4.78, 5) is 13.8. The molecule has 0 spiro atoms. The number of piperidine rings is 1. The minimum atomic E-state index is -0.129. The highest BCUT2D eigenvalue weighted by atomic mass is 35.5. The second-order valence-corrected chi connectivity index (χ2v) is 8.26. The van der Waals surface area contributed by atoms with Crippen molar-refractivity contribution < 1.29 is 9.53 Å². The maximum Gasteiger partial charge on any atom is 0.220 e. The van der Waals surface area contributed by atoms with Crippen LogP contribution in [0.4, 0.5) is 0 Å². The molecule has 1 aromatic rings. The number of halogens is 1. The van der Waals surface area contributed by atoms with Crippen molar-refractivity contribution in [2.45, 2.75) is 51.0 Å². The highest BCUT2D eigenvalue weighted by molar-refractivity contribution is 6.30. The molecule has 27 heavy (non-hydrogen) atoms. The highest BCUT2D eigenvalue weighted by Gasteiger charge is 2.26. The van der Waals surface area contributed by atoms with Crippen molar-refractivity contribution in [2.24, 2.45) is 17.6 Å². The zero-order chi connectivity index (χ0) is 19.2. The molecule has 5 nitrogen and oxygen atoms in total. The molecule has 6 heteroatoms. The van der Waals surface area contributed by atoms with Gasteiger partial charge in [-0.3, -0.25) is 4.79 Å². The van der Waals surface area contributed by atoms with Crippen LogP contribution in [0.15, 0.2) is 18.2 Å².